The van der Waals surface area contributed by atoms with Gasteiger partial charge in [0.2, 0.25) is 0 Å². The van der Waals surface area contributed by atoms with E-state index in [4.69, 9.17) is 0 Å². The molecule has 0 fully saturated rings. The Balaban J connectivity index is 1.38. The molecule has 0 saturated heterocycles. The molecule has 0 bridgehead atoms. The maximum atomic E-state index is 13.5. The van der Waals surface area contributed by atoms with Crippen LogP contribution in [0.15, 0.2) is 91.0 Å². The normalized spacial score (nSPS) is 13.4. The monoisotopic (exact) mass is 476 g/mol. The van der Waals surface area contributed by atoms with Crippen LogP contribution in [0.3, 0.4) is 0 Å². The summed E-state index contributed by atoms with van der Waals surface area (Å²) in [6.07, 6.45) is 16.9. The molecule has 0 amide bonds. The molecule has 1 aliphatic carbocycles. The number of hydrogen-bond acceptors (Lipinski definition) is 1. The van der Waals surface area contributed by atoms with Crippen LogP contribution < -0.4 is 0 Å². The molecule has 0 aliphatic heterocycles. The Kier molecular flexibility index (Phi) is 9.91. The second kappa shape index (κ2) is 13.8. The highest BCUT2D eigenvalue weighted by atomic mass is 16.1. The number of hydrogen-bond donors (Lipinski definition) is 0. The highest BCUT2D eigenvalue weighted by Crippen LogP contribution is 2.40. The van der Waals surface area contributed by atoms with Crippen molar-refractivity contribution >= 4 is 22.5 Å². The zero-order valence-electron chi connectivity index (χ0n) is 21.8. The SMILES string of the molecule is CCCCCCCCCCCCc1ccc(C2=C(c3ccccc3)C(=O)C(c3ccccc3)=C2)cc1. The first-order chi connectivity index (χ1) is 17.8. The Morgan fingerprint density at radius 1 is 0.528 bits per heavy atom. The van der Waals surface area contributed by atoms with Gasteiger partial charge in [0.25, 0.3) is 0 Å². The first-order valence-electron chi connectivity index (χ1n) is 14.0. The maximum Gasteiger partial charge on any atom is 0.194 e. The smallest absolute Gasteiger partial charge is 0.194 e. The van der Waals surface area contributed by atoms with Crippen molar-refractivity contribution in [1.29, 1.82) is 0 Å². The van der Waals surface area contributed by atoms with Gasteiger partial charge in [-0.2, -0.15) is 0 Å². The molecule has 0 heterocycles. The van der Waals surface area contributed by atoms with Crippen LogP contribution in [0.4, 0.5) is 0 Å². The van der Waals surface area contributed by atoms with Gasteiger partial charge in [-0.1, -0.05) is 150 Å². The second-order valence-corrected chi connectivity index (χ2v) is 10.0. The predicted molar refractivity (Wildman–Crippen MR) is 155 cm³/mol. The van der Waals surface area contributed by atoms with E-state index in [-0.39, 0.29) is 5.78 Å². The lowest BCUT2D eigenvalue weighted by molar-refractivity contribution is -0.108. The first-order valence-corrected chi connectivity index (χ1v) is 14.0. The lowest BCUT2D eigenvalue weighted by atomic mass is 9.94. The fraction of sp³-hybridized carbons (Fsp3) is 0.343. The third-order valence-electron chi connectivity index (χ3n) is 7.26. The third kappa shape index (κ3) is 6.94. The molecule has 0 radical (unpaired) electrons. The van der Waals surface area contributed by atoms with E-state index in [2.05, 4.69) is 37.3 Å². The van der Waals surface area contributed by atoms with Gasteiger partial charge >= 0.3 is 0 Å². The quantitative estimate of drug-likeness (QED) is 0.212. The second-order valence-electron chi connectivity index (χ2n) is 10.0. The Morgan fingerprint density at radius 3 is 1.64 bits per heavy atom. The van der Waals surface area contributed by atoms with E-state index in [9.17, 15) is 4.79 Å². The Labute approximate surface area is 218 Å². The largest absolute Gasteiger partial charge is 0.289 e. The van der Waals surface area contributed by atoms with E-state index >= 15 is 0 Å². The molecule has 186 valence electrons. The van der Waals surface area contributed by atoms with Crippen molar-refractivity contribution in [3.8, 4) is 0 Å². The molecule has 3 aromatic rings. The van der Waals surface area contributed by atoms with Crippen molar-refractivity contribution in [1.82, 2.24) is 0 Å². The van der Waals surface area contributed by atoms with Gasteiger partial charge in [-0.15, -0.1) is 0 Å². The van der Waals surface area contributed by atoms with E-state index in [1.807, 2.05) is 60.7 Å². The number of ketones is 1. The number of unbranched alkanes of at least 4 members (excludes halogenated alkanes) is 9. The van der Waals surface area contributed by atoms with Crippen LogP contribution in [0, 0.1) is 0 Å². The summed E-state index contributed by atoms with van der Waals surface area (Å²) in [5.41, 5.74) is 7.06. The third-order valence-corrected chi connectivity index (χ3v) is 7.26. The van der Waals surface area contributed by atoms with Crippen molar-refractivity contribution in [3.05, 3.63) is 113 Å². The zero-order valence-corrected chi connectivity index (χ0v) is 21.8. The van der Waals surface area contributed by atoms with Gasteiger partial charge in [-0.05, 0) is 46.7 Å². The summed E-state index contributed by atoms with van der Waals surface area (Å²) in [7, 11) is 0. The number of carbonyl (C=O) groups is 1. The van der Waals surface area contributed by atoms with Gasteiger partial charge in [0.05, 0.1) is 0 Å². The maximum absolute atomic E-state index is 13.5. The van der Waals surface area contributed by atoms with Gasteiger partial charge < -0.3 is 0 Å². The van der Waals surface area contributed by atoms with E-state index in [0.717, 1.165) is 39.8 Å². The van der Waals surface area contributed by atoms with Gasteiger partial charge in [0, 0.05) is 11.1 Å². The number of aryl methyl sites for hydroxylation is 1. The van der Waals surface area contributed by atoms with Crippen LogP contribution in [0.2, 0.25) is 0 Å². The molecule has 0 N–H and O–H groups in total. The van der Waals surface area contributed by atoms with E-state index in [1.165, 1.54) is 69.8 Å². The highest BCUT2D eigenvalue weighted by Gasteiger charge is 2.28. The lowest BCUT2D eigenvalue weighted by Gasteiger charge is -2.09. The summed E-state index contributed by atoms with van der Waals surface area (Å²) in [4.78, 5) is 13.5. The summed E-state index contributed by atoms with van der Waals surface area (Å²) in [6.45, 7) is 2.28. The summed E-state index contributed by atoms with van der Waals surface area (Å²) in [5, 5.41) is 0. The molecule has 3 aromatic carbocycles. The summed E-state index contributed by atoms with van der Waals surface area (Å²) in [6, 6.07) is 29.0. The standard InChI is InChI=1S/C35H40O/c1-2-3-4-5-6-7-8-9-10-13-18-28-23-25-30(26-24-28)32-27-33(29-19-14-11-15-20-29)35(36)34(32)31-21-16-12-17-22-31/h11-12,14-17,19-27H,2-10,13,18H2,1H3. The fourth-order valence-electron chi connectivity index (χ4n) is 5.16. The van der Waals surface area contributed by atoms with Crippen LogP contribution in [-0.4, -0.2) is 5.78 Å². The number of benzene rings is 3. The lowest BCUT2D eigenvalue weighted by Crippen LogP contribution is -2.01. The van der Waals surface area contributed by atoms with Gasteiger partial charge in [0.1, 0.15) is 0 Å². The van der Waals surface area contributed by atoms with Crippen molar-refractivity contribution in [2.45, 2.75) is 77.6 Å². The zero-order chi connectivity index (χ0) is 25.0. The van der Waals surface area contributed by atoms with Gasteiger partial charge in [0.15, 0.2) is 5.78 Å². The first kappa shape index (κ1) is 25.9. The van der Waals surface area contributed by atoms with E-state index in [1.54, 1.807) is 0 Å². The predicted octanol–water partition coefficient (Wildman–Crippen LogP) is 9.73. The number of rotatable bonds is 14. The molecule has 0 spiro atoms. The molecule has 0 unspecified atom stereocenters. The average Bonchev–Trinajstić information content (AvgIpc) is 3.28. The van der Waals surface area contributed by atoms with Crippen LogP contribution in [0.25, 0.3) is 16.7 Å². The molecule has 36 heavy (non-hydrogen) atoms. The minimum Gasteiger partial charge on any atom is -0.289 e. The van der Waals surface area contributed by atoms with Crippen LogP contribution >= 0.6 is 0 Å². The molecule has 0 saturated carbocycles. The van der Waals surface area contributed by atoms with Crippen molar-refractivity contribution < 1.29 is 4.79 Å². The van der Waals surface area contributed by atoms with Gasteiger partial charge in [-0.3, -0.25) is 4.79 Å². The average molecular weight is 477 g/mol. The van der Waals surface area contributed by atoms with E-state index < -0.39 is 0 Å². The topological polar surface area (TPSA) is 17.1 Å². The molecule has 0 aromatic heterocycles. The summed E-state index contributed by atoms with van der Waals surface area (Å²) < 4.78 is 0. The molecule has 1 heteroatoms. The Bertz CT molecular complexity index is 1150. The molecule has 1 aliphatic rings. The molecule has 0 atom stereocenters. The molecular formula is C35H40O. The Hall–Kier alpha value is -3.19. The number of carbonyl (C=O) groups excluding carboxylic acids is 1. The Morgan fingerprint density at radius 2 is 1.06 bits per heavy atom. The van der Waals surface area contributed by atoms with Crippen LogP contribution in [-0.2, 0) is 11.2 Å². The number of Topliss-reactive ketones (excluding diaryl/α,β-unsaturated/α-hetero) is 1. The van der Waals surface area contributed by atoms with Gasteiger partial charge in [-0.25, -0.2) is 0 Å². The minimum absolute atomic E-state index is 0.108. The van der Waals surface area contributed by atoms with Crippen molar-refractivity contribution in [2.24, 2.45) is 0 Å². The molecular weight excluding hydrogens is 436 g/mol. The summed E-state index contributed by atoms with van der Waals surface area (Å²) >= 11 is 0. The molecule has 4 rings (SSSR count). The highest BCUT2D eigenvalue weighted by molar-refractivity contribution is 6.51. The number of allylic oxidation sites excluding steroid dienone is 4. The van der Waals surface area contributed by atoms with E-state index in [0.29, 0.717) is 0 Å². The fourth-order valence-corrected chi connectivity index (χ4v) is 5.16. The minimum atomic E-state index is 0.108. The van der Waals surface area contributed by atoms with Crippen molar-refractivity contribution in [2.75, 3.05) is 0 Å². The van der Waals surface area contributed by atoms with Crippen LogP contribution in [0.1, 0.15) is 93.4 Å². The molecule has 1 nitrogen and oxygen atoms in total. The summed E-state index contributed by atoms with van der Waals surface area (Å²) in [5.74, 6) is 0.108. The van der Waals surface area contributed by atoms with Crippen LogP contribution in [0.5, 0.6) is 0 Å². The van der Waals surface area contributed by atoms with Crippen molar-refractivity contribution in [3.63, 3.8) is 0 Å².